The Kier molecular flexibility index (Phi) is 23.9. The van der Waals surface area contributed by atoms with Crippen LogP contribution in [0, 0.1) is 0 Å². The van der Waals surface area contributed by atoms with Crippen molar-refractivity contribution in [2.75, 3.05) is 5.88 Å². The number of alkyl halides is 1. The molecule has 0 bridgehead atoms. The van der Waals surface area contributed by atoms with E-state index >= 15 is 0 Å². The van der Waals surface area contributed by atoms with Gasteiger partial charge in [-0.1, -0.05) is 27.2 Å². The van der Waals surface area contributed by atoms with Crippen molar-refractivity contribution in [3.63, 3.8) is 0 Å². The molecule has 0 radical (unpaired) electrons. The molecule has 0 aromatic carbocycles. The Balaban J connectivity index is 0. The standard InChI is InChI=1S/C3H7Cl.C3H8/c1-2-3-4;1-3-2/h2-3H2,1H3;3H2,1-2H3. The Morgan fingerprint density at radius 1 is 1.14 bits per heavy atom. The first kappa shape index (κ1) is 10.3. The van der Waals surface area contributed by atoms with Gasteiger partial charge in [0.15, 0.2) is 0 Å². The lowest BCUT2D eigenvalue weighted by Gasteiger charge is -1.65. The van der Waals surface area contributed by atoms with Gasteiger partial charge < -0.3 is 0 Å². The van der Waals surface area contributed by atoms with Crippen LogP contribution >= 0.6 is 11.6 Å². The number of hydrogen-bond acceptors (Lipinski definition) is 0. The summed E-state index contributed by atoms with van der Waals surface area (Å²) in [5.41, 5.74) is 0. The van der Waals surface area contributed by atoms with E-state index in [1.807, 2.05) is 6.92 Å². The molecule has 46 valence electrons. The third-order valence-electron chi connectivity index (χ3n) is 0.189. The molecular formula is C6H15Cl. The third-order valence-corrected chi connectivity index (χ3v) is 0.567. The zero-order chi connectivity index (χ0) is 6.12. The predicted molar refractivity (Wildman–Crippen MR) is 37.0 cm³/mol. The number of halogens is 1. The molecule has 0 aromatic heterocycles. The van der Waals surface area contributed by atoms with Gasteiger partial charge in [0.25, 0.3) is 0 Å². The fourth-order valence-electron chi connectivity index (χ4n) is 0. The van der Waals surface area contributed by atoms with Crippen LogP contribution in [-0.4, -0.2) is 5.88 Å². The van der Waals surface area contributed by atoms with Crippen LogP contribution in [0.4, 0.5) is 0 Å². The number of hydrogen-bond donors (Lipinski definition) is 0. The van der Waals surface area contributed by atoms with E-state index in [1.54, 1.807) is 0 Å². The zero-order valence-corrected chi connectivity index (χ0v) is 6.26. The molecule has 0 saturated carbocycles. The molecule has 0 heterocycles. The second-order valence-electron chi connectivity index (χ2n) is 1.40. The van der Waals surface area contributed by atoms with Gasteiger partial charge in [-0.15, -0.1) is 11.6 Å². The monoisotopic (exact) mass is 122 g/mol. The molecule has 0 aliphatic heterocycles. The van der Waals surface area contributed by atoms with Crippen molar-refractivity contribution in [1.82, 2.24) is 0 Å². The minimum absolute atomic E-state index is 0.792. The minimum Gasteiger partial charge on any atom is -0.127 e. The first-order valence-electron chi connectivity index (χ1n) is 2.89. The summed E-state index contributed by atoms with van der Waals surface area (Å²) in [6, 6.07) is 0. The van der Waals surface area contributed by atoms with Crippen molar-refractivity contribution in [2.45, 2.75) is 33.6 Å². The molecule has 0 spiro atoms. The highest BCUT2D eigenvalue weighted by atomic mass is 35.5. The first-order valence-corrected chi connectivity index (χ1v) is 3.42. The van der Waals surface area contributed by atoms with Crippen LogP contribution < -0.4 is 0 Å². The quantitative estimate of drug-likeness (QED) is 0.469. The number of rotatable bonds is 1. The van der Waals surface area contributed by atoms with Crippen molar-refractivity contribution in [1.29, 1.82) is 0 Å². The van der Waals surface area contributed by atoms with Gasteiger partial charge in [0.2, 0.25) is 0 Å². The summed E-state index contributed by atoms with van der Waals surface area (Å²) in [5, 5.41) is 0. The van der Waals surface area contributed by atoms with Gasteiger partial charge >= 0.3 is 0 Å². The average molecular weight is 123 g/mol. The van der Waals surface area contributed by atoms with Crippen molar-refractivity contribution < 1.29 is 0 Å². The molecule has 1 heteroatoms. The molecule has 0 saturated heterocycles. The topological polar surface area (TPSA) is 0 Å². The molecule has 0 atom stereocenters. The van der Waals surface area contributed by atoms with Crippen molar-refractivity contribution in [3.05, 3.63) is 0 Å². The summed E-state index contributed by atoms with van der Waals surface area (Å²) in [6.07, 6.45) is 2.33. The Morgan fingerprint density at radius 3 is 1.29 bits per heavy atom. The molecule has 0 aliphatic carbocycles. The van der Waals surface area contributed by atoms with E-state index < -0.39 is 0 Å². The van der Waals surface area contributed by atoms with Crippen LogP contribution in [0.3, 0.4) is 0 Å². The summed E-state index contributed by atoms with van der Waals surface area (Å²) in [7, 11) is 0. The second kappa shape index (κ2) is 16.3. The van der Waals surface area contributed by atoms with Crippen LogP contribution in [0.5, 0.6) is 0 Å². The van der Waals surface area contributed by atoms with E-state index in [0.717, 1.165) is 12.3 Å². The van der Waals surface area contributed by atoms with Gasteiger partial charge in [-0.3, -0.25) is 0 Å². The molecule has 7 heavy (non-hydrogen) atoms. The molecule has 0 amide bonds. The minimum atomic E-state index is 0.792. The summed E-state index contributed by atoms with van der Waals surface area (Å²) in [6.45, 7) is 6.30. The maximum atomic E-state index is 5.19. The zero-order valence-electron chi connectivity index (χ0n) is 5.50. The van der Waals surface area contributed by atoms with E-state index in [9.17, 15) is 0 Å². The summed E-state index contributed by atoms with van der Waals surface area (Å²) >= 11 is 5.19. The molecular weight excluding hydrogens is 108 g/mol. The fraction of sp³-hybridized carbons (Fsp3) is 1.00. The Bertz CT molecular complexity index is 11.7. The largest absolute Gasteiger partial charge is 0.127 e. The van der Waals surface area contributed by atoms with E-state index in [-0.39, 0.29) is 0 Å². The van der Waals surface area contributed by atoms with Gasteiger partial charge in [0.1, 0.15) is 0 Å². The molecule has 0 aliphatic rings. The van der Waals surface area contributed by atoms with Crippen molar-refractivity contribution in [2.24, 2.45) is 0 Å². The van der Waals surface area contributed by atoms with E-state index in [1.165, 1.54) is 6.42 Å². The molecule has 0 nitrogen and oxygen atoms in total. The van der Waals surface area contributed by atoms with E-state index in [2.05, 4.69) is 13.8 Å². The van der Waals surface area contributed by atoms with Gasteiger partial charge in [-0.25, -0.2) is 0 Å². The van der Waals surface area contributed by atoms with Crippen LogP contribution in [0.25, 0.3) is 0 Å². The van der Waals surface area contributed by atoms with Crippen LogP contribution in [0.2, 0.25) is 0 Å². The molecule has 0 aromatic rings. The summed E-state index contributed by atoms with van der Waals surface area (Å²) < 4.78 is 0. The van der Waals surface area contributed by atoms with Crippen molar-refractivity contribution in [3.8, 4) is 0 Å². The lowest BCUT2D eigenvalue weighted by Crippen LogP contribution is -1.55. The maximum absolute atomic E-state index is 5.19. The lowest BCUT2D eigenvalue weighted by atomic mass is 10.6. The molecule has 0 fully saturated rings. The summed E-state index contributed by atoms with van der Waals surface area (Å²) in [5.74, 6) is 0.792. The Hall–Kier alpha value is 0.290. The van der Waals surface area contributed by atoms with Gasteiger partial charge in [0, 0.05) is 5.88 Å². The SMILES string of the molecule is CCC.CCCCl. The second-order valence-corrected chi connectivity index (χ2v) is 1.77. The van der Waals surface area contributed by atoms with Crippen LogP contribution in [0.1, 0.15) is 33.6 Å². The van der Waals surface area contributed by atoms with E-state index in [0.29, 0.717) is 0 Å². The smallest absolute Gasteiger partial charge is 0.0220 e. The summed E-state index contributed by atoms with van der Waals surface area (Å²) in [4.78, 5) is 0. The highest BCUT2D eigenvalue weighted by molar-refractivity contribution is 6.17. The normalized spacial score (nSPS) is 6.86. The third kappa shape index (κ3) is 69.6. The van der Waals surface area contributed by atoms with Crippen molar-refractivity contribution >= 4 is 11.6 Å². The average Bonchev–Trinajstić information content (AvgIpc) is 1.69. The van der Waals surface area contributed by atoms with Crippen LogP contribution in [0.15, 0.2) is 0 Å². The van der Waals surface area contributed by atoms with Gasteiger partial charge in [-0.2, -0.15) is 0 Å². The van der Waals surface area contributed by atoms with Crippen LogP contribution in [-0.2, 0) is 0 Å². The Labute approximate surface area is 51.9 Å². The Morgan fingerprint density at radius 2 is 1.29 bits per heavy atom. The van der Waals surface area contributed by atoms with Gasteiger partial charge in [-0.05, 0) is 6.42 Å². The molecule has 0 unspecified atom stereocenters. The molecule has 0 N–H and O–H groups in total. The van der Waals surface area contributed by atoms with Gasteiger partial charge in [0.05, 0.1) is 0 Å². The maximum Gasteiger partial charge on any atom is 0.0220 e. The highest BCUT2D eigenvalue weighted by Gasteiger charge is 1.59. The highest BCUT2D eigenvalue weighted by Crippen LogP contribution is 1.75. The lowest BCUT2D eigenvalue weighted by molar-refractivity contribution is 1.09. The fourth-order valence-corrected chi connectivity index (χ4v) is 0. The molecule has 0 rings (SSSR count). The first-order chi connectivity index (χ1) is 3.33. The predicted octanol–water partition coefficient (Wildman–Crippen LogP) is 3.05. The van der Waals surface area contributed by atoms with E-state index in [4.69, 9.17) is 11.6 Å².